The SMILES string of the molecule is CCCCOCC(O)CCc1ccccc1OC. The third-order valence-corrected chi connectivity index (χ3v) is 2.89. The van der Waals surface area contributed by atoms with Crippen molar-refractivity contribution >= 4 is 0 Å². The van der Waals surface area contributed by atoms with Gasteiger partial charge in [0, 0.05) is 6.61 Å². The molecule has 0 saturated carbocycles. The first-order valence-electron chi connectivity index (χ1n) is 6.65. The third-order valence-electron chi connectivity index (χ3n) is 2.89. The first kappa shape index (κ1) is 15.0. The lowest BCUT2D eigenvalue weighted by molar-refractivity contribution is 0.0316. The van der Waals surface area contributed by atoms with E-state index in [9.17, 15) is 5.11 Å². The van der Waals surface area contributed by atoms with Gasteiger partial charge in [0.05, 0.1) is 19.8 Å². The predicted octanol–water partition coefficient (Wildman–Crippen LogP) is 2.81. The van der Waals surface area contributed by atoms with Crippen LogP contribution >= 0.6 is 0 Å². The van der Waals surface area contributed by atoms with Gasteiger partial charge in [-0.2, -0.15) is 0 Å². The molecule has 1 aromatic rings. The monoisotopic (exact) mass is 252 g/mol. The van der Waals surface area contributed by atoms with Crippen LogP contribution in [-0.4, -0.2) is 31.5 Å². The Labute approximate surface area is 110 Å². The van der Waals surface area contributed by atoms with Gasteiger partial charge in [-0.1, -0.05) is 31.5 Å². The van der Waals surface area contributed by atoms with E-state index in [-0.39, 0.29) is 0 Å². The van der Waals surface area contributed by atoms with E-state index in [1.165, 1.54) is 0 Å². The van der Waals surface area contributed by atoms with Crippen molar-refractivity contribution in [2.24, 2.45) is 0 Å². The van der Waals surface area contributed by atoms with Crippen LogP contribution in [0.4, 0.5) is 0 Å². The lowest BCUT2D eigenvalue weighted by Crippen LogP contribution is -2.16. The molecule has 102 valence electrons. The summed E-state index contributed by atoms with van der Waals surface area (Å²) in [5.74, 6) is 0.886. The van der Waals surface area contributed by atoms with Crippen molar-refractivity contribution < 1.29 is 14.6 Å². The van der Waals surface area contributed by atoms with E-state index < -0.39 is 6.10 Å². The van der Waals surface area contributed by atoms with Crippen molar-refractivity contribution in [1.82, 2.24) is 0 Å². The average Bonchev–Trinajstić information content (AvgIpc) is 2.41. The van der Waals surface area contributed by atoms with Crippen LogP contribution in [0.3, 0.4) is 0 Å². The second-order valence-electron chi connectivity index (χ2n) is 4.43. The normalized spacial score (nSPS) is 12.4. The van der Waals surface area contributed by atoms with Crippen molar-refractivity contribution in [2.45, 2.75) is 38.7 Å². The number of aryl methyl sites for hydroxylation is 1. The van der Waals surface area contributed by atoms with E-state index in [2.05, 4.69) is 6.92 Å². The molecule has 18 heavy (non-hydrogen) atoms. The maximum atomic E-state index is 9.81. The Bertz CT molecular complexity index is 325. The second-order valence-corrected chi connectivity index (χ2v) is 4.43. The molecule has 0 aromatic heterocycles. The number of unbranched alkanes of at least 4 members (excludes halogenated alkanes) is 1. The van der Waals surface area contributed by atoms with Gasteiger partial charge in [-0.05, 0) is 30.9 Å². The Morgan fingerprint density at radius 2 is 2.06 bits per heavy atom. The summed E-state index contributed by atoms with van der Waals surface area (Å²) in [6.07, 6.45) is 3.29. The molecule has 3 nitrogen and oxygen atoms in total. The van der Waals surface area contributed by atoms with E-state index in [4.69, 9.17) is 9.47 Å². The highest BCUT2D eigenvalue weighted by molar-refractivity contribution is 5.33. The van der Waals surface area contributed by atoms with Crippen molar-refractivity contribution in [2.75, 3.05) is 20.3 Å². The number of hydrogen-bond acceptors (Lipinski definition) is 3. The number of methoxy groups -OCH3 is 1. The summed E-state index contributed by atoms with van der Waals surface area (Å²) in [6.45, 7) is 3.29. The average molecular weight is 252 g/mol. The smallest absolute Gasteiger partial charge is 0.122 e. The molecule has 0 aliphatic heterocycles. The fraction of sp³-hybridized carbons (Fsp3) is 0.600. The van der Waals surface area contributed by atoms with Crippen molar-refractivity contribution in [3.05, 3.63) is 29.8 Å². The molecule has 0 fully saturated rings. The minimum absolute atomic E-state index is 0.397. The molecule has 0 radical (unpaired) electrons. The minimum atomic E-state index is -0.397. The fourth-order valence-corrected chi connectivity index (χ4v) is 1.78. The molecule has 1 unspecified atom stereocenters. The Morgan fingerprint density at radius 3 is 2.78 bits per heavy atom. The highest BCUT2D eigenvalue weighted by Gasteiger charge is 2.07. The summed E-state index contributed by atoms with van der Waals surface area (Å²) in [5.41, 5.74) is 1.13. The lowest BCUT2D eigenvalue weighted by atomic mass is 10.1. The van der Waals surface area contributed by atoms with Gasteiger partial charge in [0.1, 0.15) is 5.75 Å². The maximum Gasteiger partial charge on any atom is 0.122 e. The number of hydrogen-bond donors (Lipinski definition) is 1. The Balaban J connectivity index is 2.26. The summed E-state index contributed by atoms with van der Waals surface area (Å²) in [7, 11) is 1.67. The van der Waals surface area contributed by atoms with Gasteiger partial charge in [0.2, 0.25) is 0 Å². The van der Waals surface area contributed by atoms with Crippen LogP contribution in [0.1, 0.15) is 31.7 Å². The zero-order valence-electron chi connectivity index (χ0n) is 11.4. The fourth-order valence-electron chi connectivity index (χ4n) is 1.78. The zero-order valence-corrected chi connectivity index (χ0v) is 11.4. The van der Waals surface area contributed by atoms with E-state index >= 15 is 0 Å². The van der Waals surface area contributed by atoms with Gasteiger partial charge in [0.15, 0.2) is 0 Å². The van der Waals surface area contributed by atoms with Crippen molar-refractivity contribution in [3.63, 3.8) is 0 Å². The van der Waals surface area contributed by atoms with Crippen LogP contribution in [0.25, 0.3) is 0 Å². The van der Waals surface area contributed by atoms with Gasteiger partial charge in [0.25, 0.3) is 0 Å². The second kappa shape index (κ2) is 8.95. The highest BCUT2D eigenvalue weighted by Crippen LogP contribution is 2.19. The number of rotatable bonds is 9. The van der Waals surface area contributed by atoms with Crippen LogP contribution in [0.5, 0.6) is 5.75 Å². The van der Waals surface area contributed by atoms with Crippen LogP contribution in [0.2, 0.25) is 0 Å². The standard InChI is InChI=1S/C15H24O3/c1-3-4-11-18-12-14(16)10-9-13-7-5-6-8-15(13)17-2/h5-8,14,16H,3-4,9-12H2,1-2H3. The van der Waals surface area contributed by atoms with E-state index in [0.717, 1.165) is 37.2 Å². The molecule has 1 rings (SSSR count). The molecule has 1 N–H and O–H groups in total. The molecule has 0 aliphatic rings. The van der Waals surface area contributed by atoms with Crippen molar-refractivity contribution in [1.29, 1.82) is 0 Å². The minimum Gasteiger partial charge on any atom is -0.496 e. The number of benzene rings is 1. The summed E-state index contributed by atoms with van der Waals surface area (Å²) in [5, 5.41) is 9.81. The summed E-state index contributed by atoms with van der Waals surface area (Å²) in [6, 6.07) is 7.91. The number of ether oxygens (including phenoxy) is 2. The van der Waals surface area contributed by atoms with Gasteiger partial charge >= 0.3 is 0 Å². The Morgan fingerprint density at radius 1 is 1.28 bits per heavy atom. The van der Waals surface area contributed by atoms with Crippen molar-refractivity contribution in [3.8, 4) is 5.75 Å². The molecule has 0 aliphatic carbocycles. The summed E-state index contributed by atoms with van der Waals surface area (Å²) in [4.78, 5) is 0. The zero-order chi connectivity index (χ0) is 13.2. The largest absolute Gasteiger partial charge is 0.496 e. The number of aliphatic hydroxyl groups excluding tert-OH is 1. The Kier molecular flexibility index (Phi) is 7.46. The van der Waals surface area contributed by atoms with Gasteiger partial charge in [-0.25, -0.2) is 0 Å². The molecule has 3 heteroatoms. The predicted molar refractivity (Wildman–Crippen MR) is 73.0 cm³/mol. The molecule has 0 spiro atoms. The quantitative estimate of drug-likeness (QED) is 0.687. The number of para-hydroxylation sites is 1. The molecule has 0 amide bonds. The summed E-state index contributed by atoms with van der Waals surface area (Å²) >= 11 is 0. The van der Waals surface area contributed by atoms with Crippen LogP contribution < -0.4 is 4.74 Å². The van der Waals surface area contributed by atoms with E-state index in [1.54, 1.807) is 7.11 Å². The first-order chi connectivity index (χ1) is 8.77. The molecular weight excluding hydrogens is 228 g/mol. The van der Waals surface area contributed by atoms with E-state index in [0.29, 0.717) is 13.0 Å². The van der Waals surface area contributed by atoms with Crippen LogP contribution in [-0.2, 0) is 11.2 Å². The molecule has 1 atom stereocenters. The topological polar surface area (TPSA) is 38.7 Å². The first-order valence-corrected chi connectivity index (χ1v) is 6.65. The van der Waals surface area contributed by atoms with Gasteiger partial charge in [-0.15, -0.1) is 0 Å². The van der Waals surface area contributed by atoms with E-state index in [1.807, 2.05) is 24.3 Å². The lowest BCUT2D eigenvalue weighted by Gasteiger charge is -2.12. The molecule has 0 saturated heterocycles. The molecule has 0 heterocycles. The number of aliphatic hydroxyl groups is 1. The van der Waals surface area contributed by atoms with Crippen LogP contribution in [0.15, 0.2) is 24.3 Å². The maximum absolute atomic E-state index is 9.81. The van der Waals surface area contributed by atoms with Crippen LogP contribution in [0, 0.1) is 0 Å². The molecular formula is C15H24O3. The third kappa shape index (κ3) is 5.52. The molecule has 0 bridgehead atoms. The van der Waals surface area contributed by atoms with Gasteiger partial charge in [-0.3, -0.25) is 0 Å². The Hall–Kier alpha value is -1.06. The summed E-state index contributed by atoms with van der Waals surface area (Å²) < 4.78 is 10.7. The highest BCUT2D eigenvalue weighted by atomic mass is 16.5. The van der Waals surface area contributed by atoms with Gasteiger partial charge < -0.3 is 14.6 Å². The molecule has 1 aromatic carbocycles.